The molecule has 23 heavy (non-hydrogen) atoms. The van der Waals surface area contributed by atoms with Gasteiger partial charge in [0.05, 0.1) is 24.3 Å². The van der Waals surface area contributed by atoms with E-state index in [-0.39, 0.29) is 25.0 Å². The van der Waals surface area contributed by atoms with Crippen LogP contribution in [0.2, 0.25) is 0 Å². The minimum atomic E-state index is -0.271. The minimum Gasteiger partial charge on any atom is -0.490 e. The van der Waals surface area contributed by atoms with Crippen LogP contribution in [-0.2, 0) is 0 Å². The lowest BCUT2D eigenvalue weighted by Crippen LogP contribution is -2.33. The molecule has 3 rings (SSSR count). The van der Waals surface area contributed by atoms with Crippen molar-refractivity contribution in [1.82, 2.24) is 4.90 Å². The molecule has 0 atom stereocenters. The zero-order chi connectivity index (χ0) is 16.2. The van der Waals surface area contributed by atoms with Crippen molar-refractivity contribution in [1.29, 1.82) is 0 Å². The molecular formula is C18H17NO4. The normalized spacial score (nSPS) is 13.2. The molecule has 0 N–H and O–H groups in total. The van der Waals surface area contributed by atoms with Gasteiger partial charge in [0.15, 0.2) is 11.5 Å². The van der Waals surface area contributed by atoms with Crippen LogP contribution in [-0.4, -0.2) is 36.5 Å². The predicted molar refractivity (Wildman–Crippen MR) is 84.9 cm³/mol. The number of hydrogen-bond donors (Lipinski definition) is 0. The molecule has 0 saturated heterocycles. The van der Waals surface area contributed by atoms with Crippen LogP contribution in [0.5, 0.6) is 11.5 Å². The number of rotatable bonds is 6. The zero-order valence-corrected chi connectivity index (χ0v) is 12.8. The number of amides is 2. The Morgan fingerprint density at radius 3 is 1.91 bits per heavy atom. The van der Waals surface area contributed by atoms with Gasteiger partial charge in [0.1, 0.15) is 6.61 Å². The first-order chi connectivity index (χ1) is 11.2. The molecular weight excluding hydrogens is 294 g/mol. The van der Waals surface area contributed by atoms with E-state index in [4.69, 9.17) is 9.47 Å². The standard InChI is InChI=1S/C18H17NO4/c1-2-22-15-9-5-6-10-16(15)23-12-11-19-17(20)13-7-3-4-8-14(13)18(19)21/h3-10H,2,11-12H2,1H3. The van der Waals surface area contributed by atoms with Gasteiger partial charge in [-0.2, -0.15) is 0 Å². The van der Waals surface area contributed by atoms with Crippen LogP contribution >= 0.6 is 0 Å². The van der Waals surface area contributed by atoms with Crippen LogP contribution in [0, 0.1) is 0 Å². The number of ether oxygens (including phenoxy) is 2. The molecule has 2 amide bonds. The van der Waals surface area contributed by atoms with E-state index in [2.05, 4.69) is 0 Å². The molecule has 1 aliphatic heterocycles. The topological polar surface area (TPSA) is 55.8 Å². The quantitative estimate of drug-likeness (QED) is 0.770. The van der Waals surface area contributed by atoms with Crippen molar-refractivity contribution >= 4 is 11.8 Å². The van der Waals surface area contributed by atoms with Crippen LogP contribution in [0.25, 0.3) is 0 Å². The van der Waals surface area contributed by atoms with Gasteiger partial charge in [-0.25, -0.2) is 0 Å². The highest BCUT2D eigenvalue weighted by Crippen LogP contribution is 2.27. The number of carbonyl (C=O) groups excluding carboxylic acids is 2. The number of fused-ring (bicyclic) bond motifs is 1. The Morgan fingerprint density at radius 1 is 0.826 bits per heavy atom. The van der Waals surface area contributed by atoms with E-state index in [1.165, 1.54) is 4.90 Å². The fraction of sp³-hybridized carbons (Fsp3) is 0.222. The Bertz CT molecular complexity index is 706. The Morgan fingerprint density at radius 2 is 1.35 bits per heavy atom. The second-order valence-corrected chi connectivity index (χ2v) is 5.04. The van der Waals surface area contributed by atoms with E-state index in [1.54, 1.807) is 30.3 Å². The summed E-state index contributed by atoms with van der Waals surface area (Å²) < 4.78 is 11.2. The molecule has 0 unspecified atom stereocenters. The SMILES string of the molecule is CCOc1ccccc1OCCN1C(=O)c2ccccc2C1=O. The molecule has 2 aromatic carbocycles. The van der Waals surface area contributed by atoms with Gasteiger partial charge in [-0.15, -0.1) is 0 Å². The van der Waals surface area contributed by atoms with Gasteiger partial charge in [0, 0.05) is 0 Å². The van der Waals surface area contributed by atoms with Crippen LogP contribution < -0.4 is 9.47 Å². The number of nitrogens with zero attached hydrogens (tertiary/aromatic N) is 1. The molecule has 0 bridgehead atoms. The molecule has 2 aromatic rings. The van der Waals surface area contributed by atoms with E-state index in [9.17, 15) is 9.59 Å². The van der Waals surface area contributed by atoms with Crippen molar-refractivity contribution in [2.24, 2.45) is 0 Å². The second-order valence-electron chi connectivity index (χ2n) is 5.04. The summed E-state index contributed by atoms with van der Waals surface area (Å²) in [5.41, 5.74) is 0.902. The molecule has 1 aliphatic rings. The van der Waals surface area contributed by atoms with Crippen LogP contribution in [0.15, 0.2) is 48.5 Å². The number of para-hydroxylation sites is 2. The molecule has 0 aliphatic carbocycles. The van der Waals surface area contributed by atoms with Gasteiger partial charge < -0.3 is 9.47 Å². The fourth-order valence-corrected chi connectivity index (χ4v) is 2.53. The van der Waals surface area contributed by atoms with Crippen molar-refractivity contribution < 1.29 is 19.1 Å². The highest BCUT2D eigenvalue weighted by atomic mass is 16.5. The maximum atomic E-state index is 12.2. The molecule has 0 fully saturated rings. The van der Waals surface area contributed by atoms with Crippen molar-refractivity contribution in [2.45, 2.75) is 6.92 Å². The third kappa shape index (κ3) is 2.90. The van der Waals surface area contributed by atoms with E-state index >= 15 is 0 Å². The van der Waals surface area contributed by atoms with Gasteiger partial charge in [0.2, 0.25) is 0 Å². The van der Waals surface area contributed by atoms with Gasteiger partial charge in [0.25, 0.3) is 11.8 Å². The largest absolute Gasteiger partial charge is 0.490 e. The third-order valence-corrected chi connectivity index (χ3v) is 3.60. The molecule has 5 heteroatoms. The summed E-state index contributed by atoms with van der Waals surface area (Å²) in [6.45, 7) is 2.86. The summed E-state index contributed by atoms with van der Waals surface area (Å²) in [6.07, 6.45) is 0. The zero-order valence-electron chi connectivity index (χ0n) is 12.8. The minimum absolute atomic E-state index is 0.201. The van der Waals surface area contributed by atoms with Gasteiger partial charge >= 0.3 is 0 Å². The summed E-state index contributed by atoms with van der Waals surface area (Å²) in [4.78, 5) is 25.7. The second kappa shape index (κ2) is 6.52. The lowest BCUT2D eigenvalue weighted by atomic mass is 10.1. The van der Waals surface area contributed by atoms with E-state index in [1.807, 2.05) is 25.1 Å². The molecule has 118 valence electrons. The Balaban J connectivity index is 1.64. The average Bonchev–Trinajstić information content (AvgIpc) is 2.82. The van der Waals surface area contributed by atoms with E-state index < -0.39 is 0 Å². The Labute approximate surface area is 134 Å². The van der Waals surface area contributed by atoms with E-state index in [0.717, 1.165) is 0 Å². The third-order valence-electron chi connectivity index (χ3n) is 3.60. The van der Waals surface area contributed by atoms with Crippen molar-refractivity contribution in [3.05, 3.63) is 59.7 Å². The lowest BCUT2D eigenvalue weighted by molar-refractivity contribution is 0.0630. The Kier molecular flexibility index (Phi) is 4.28. The smallest absolute Gasteiger partial charge is 0.261 e. The monoisotopic (exact) mass is 311 g/mol. The molecule has 0 spiro atoms. The van der Waals surface area contributed by atoms with Crippen molar-refractivity contribution in [3.63, 3.8) is 0 Å². The highest BCUT2D eigenvalue weighted by molar-refractivity contribution is 6.21. The fourth-order valence-electron chi connectivity index (χ4n) is 2.53. The summed E-state index contributed by atoms with van der Waals surface area (Å²) in [5, 5.41) is 0. The predicted octanol–water partition coefficient (Wildman–Crippen LogP) is 2.76. The van der Waals surface area contributed by atoms with Gasteiger partial charge in [-0.1, -0.05) is 24.3 Å². The highest BCUT2D eigenvalue weighted by Gasteiger charge is 2.34. The number of hydrogen-bond acceptors (Lipinski definition) is 4. The summed E-state index contributed by atoms with van der Waals surface area (Å²) in [5.74, 6) is 0.711. The molecule has 5 nitrogen and oxygen atoms in total. The summed E-state index contributed by atoms with van der Waals surface area (Å²) in [6, 6.07) is 14.2. The molecule has 1 heterocycles. The first kappa shape index (κ1) is 15.1. The maximum absolute atomic E-state index is 12.2. The van der Waals surface area contributed by atoms with Gasteiger partial charge in [-0.05, 0) is 31.2 Å². The summed E-state index contributed by atoms with van der Waals surface area (Å²) in [7, 11) is 0. The first-order valence-corrected chi connectivity index (χ1v) is 7.52. The molecule has 0 saturated carbocycles. The molecule has 0 aromatic heterocycles. The molecule has 0 radical (unpaired) electrons. The number of imide groups is 1. The maximum Gasteiger partial charge on any atom is 0.261 e. The average molecular weight is 311 g/mol. The van der Waals surface area contributed by atoms with Crippen molar-refractivity contribution in [2.75, 3.05) is 19.8 Å². The van der Waals surface area contributed by atoms with Crippen LogP contribution in [0.4, 0.5) is 0 Å². The van der Waals surface area contributed by atoms with Crippen LogP contribution in [0.1, 0.15) is 27.6 Å². The number of carbonyl (C=O) groups is 2. The first-order valence-electron chi connectivity index (χ1n) is 7.52. The Hall–Kier alpha value is -2.82. The lowest BCUT2D eigenvalue weighted by Gasteiger charge is -2.16. The summed E-state index contributed by atoms with van der Waals surface area (Å²) >= 11 is 0. The van der Waals surface area contributed by atoms with Crippen molar-refractivity contribution in [3.8, 4) is 11.5 Å². The van der Waals surface area contributed by atoms with E-state index in [0.29, 0.717) is 29.2 Å². The number of benzene rings is 2. The van der Waals surface area contributed by atoms with Gasteiger partial charge in [-0.3, -0.25) is 14.5 Å². The van der Waals surface area contributed by atoms with Crippen LogP contribution in [0.3, 0.4) is 0 Å².